The summed E-state index contributed by atoms with van der Waals surface area (Å²) < 4.78 is 0. The highest BCUT2D eigenvalue weighted by Crippen LogP contribution is 1.93. The molecule has 0 aliphatic rings. The van der Waals surface area contributed by atoms with E-state index in [1.54, 1.807) is 0 Å². The van der Waals surface area contributed by atoms with Crippen LogP contribution in [0.15, 0.2) is 11.0 Å². The Morgan fingerprint density at radius 1 is 1.69 bits per heavy atom. The number of imidazole rings is 1. The Morgan fingerprint density at radius 2 is 2.31 bits per heavy atom. The van der Waals surface area contributed by atoms with E-state index in [9.17, 15) is 9.59 Å². The first kappa shape index (κ1) is 11.4. The third-order valence-corrected chi connectivity index (χ3v) is 1.41. The average molecular weight is 189 g/mol. The molecule has 7 heteroatoms. The molecule has 0 aliphatic heterocycles. The Labute approximate surface area is 72.9 Å². The molecule has 1 aromatic heterocycles. The fourth-order valence-electron chi connectivity index (χ4n) is 0.805. The molecule has 0 saturated heterocycles. The summed E-state index contributed by atoms with van der Waals surface area (Å²) in [6, 6.07) is -0.976. The fraction of sp³-hybridized carbons (Fsp3) is 0.333. The Bertz CT molecular complexity index is 329. The molecule has 1 atom stereocenters. The van der Waals surface area contributed by atoms with Crippen LogP contribution in [0, 0.1) is 0 Å². The van der Waals surface area contributed by atoms with Crippen LogP contribution in [-0.4, -0.2) is 32.6 Å². The largest absolute Gasteiger partial charge is 0.480 e. The molecule has 13 heavy (non-hydrogen) atoms. The van der Waals surface area contributed by atoms with Crippen LogP contribution < -0.4 is 11.4 Å². The maximum Gasteiger partial charge on any atom is 0.323 e. The zero-order valence-electron chi connectivity index (χ0n) is 6.70. The lowest BCUT2D eigenvalue weighted by atomic mass is 10.2. The van der Waals surface area contributed by atoms with Crippen molar-refractivity contribution in [3.63, 3.8) is 0 Å². The second kappa shape index (κ2) is 4.43. The van der Waals surface area contributed by atoms with Gasteiger partial charge in [-0.1, -0.05) is 0 Å². The van der Waals surface area contributed by atoms with E-state index in [1.807, 2.05) is 0 Å². The quantitative estimate of drug-likeness (QED) is 0.429. The average Bonchev–Trinajstić information content (AvgIpc) is 2.35. The lowest BCUT2D eigenvalue weighted by Gasteiger charge is -2.01. The number of aromatic amines is 2. The van der Waals surface area contributed by atoms with Gasteiger partial charge in [-0.2, -0.15) is 0 Å². The highest BCUT2D eigenvalue weighted by molar-refractivity contribution is 5.73. The molecule has 1 heterocycles. The lowest BCUT2D eigenvalue weighted by molar-refractivity contribution is -0.138. The first-order chi connectivity index (χ1) is 5.59. The van der Waals surface area contributed by atoms with E-state index in [0.717, 1.165) is 0 Å². The molecule has 1 rings (SSSR count). The molecule has 0 fully saturated rings. The van der Waals surface area contributed by atoms with Gasteiger partial charge in [0.25, 0.3) is 0 Å². The van der Waals surface area contributed by atoms with E-state index >= 15 is 0 Å². The molecule has 0 spiro atoms. The highest BCUT2D eigenvalue weighted by Gasteiger charge is 2.12. The van der Waals surface area contributed by atoms with Crippen LogP contribution >= 0.6 is 0 Å². The molecule has 0 saturated carbocycles. The van der Waals surface area contributed by atoms with Crippen LogP contribution in [-0.2, 0) is 11.2 Å². The normalized spacial score (nSPS) is 11.8. The van der Waals surface area contributed by atoms with E-state index in [-0.39, 0.29) is 17.6 Å². The Kier molecular flexibility index (Phi) is 3.89. The first-order valence-electron chi connectivity index (χ1n) is 3.34. The molecule has 1 unspecified atom stereocenters. The molecule has 0 bridgehead atoms. The van der Waals surface area contributed by atoms with Gasteiger partial charge in [0.15, 0.2) is 0 Å². The zero-order valence-corrected chi connectivity index (χ0v) is 6.70. The van der Waals surface area contributed by atoms with Gasteiger partial charge in [0.2, 0.25) is 0 Å². The van der Waals surface area contributed by atoms with Gasteiger partial charge in [0, 0.05) is 18.3 Å². The molecule has 0 aromatic carbocycles. The third-order valence-electron chi connectivity index (χ3n) is 1.41. The van der Waals surface area contributed by atoms with Crippen LogP contribution in [0.5, 0.6) is 0 Å². The number of hydrogen-bond donors (Lipinski definition) is 4. The van der Waals surface area contributed by atoms with Crippen molar-refractivity contribution in [3.8, 4) is 0 Å². The number of nitrogens with one attached hydrogen (secondary N) is 2. The molecular weight excluding hydrogens is 178 g/mol. The predicted octanol–water partition coefficient (Wildman–Crippen LogP) is -2.17. The number of carboxylic acid groups (broad SMARTS) is 1. The van der Waals surface area contributed by atoms with Crippen molar-refractivity contribution >= 4 is 5.97 Å². The summed E-state index contributed by atoms with van der Waals surface area (Å²) in [5.74, 6) is -1.09. The van der Waals surface area contributed by atoms with Crippen molar-refractivity contribution in [2.75, 3.05) is 0 Å². The van der Waals surface area contributed by atoms with Gasteiger partial charge in [0.1, 0.15) is 6.04 Å². The van der Waals surface area contributed by atoms with Crippen molar-refractivity contribution in [1.29, 1.82) is 0 Å². The minimum Gasteiger partial charge on any atom is -0.480 e. The van der Waals surface area contributed by atoms with E-state index < -0.39 is 12.0 Å². The number of aromatic nitrogens is 2. The van der Waals surface area contributed by atoms with Crippen LogP contribution in [0.25, 0.3) is 0 Å². The molecular formula is C6H11N3O4. The number of carbonyl (C=O) groups is 1. The third kappa shape index (κ3) is 3.09. The molecule has 1 aromatic rings. The first-order valence-corrected chi connectivity index (χ1v) is 3.34. The van der Waals surface area contributed by atoms with Gasteiger partial charge in [-0.05, 0) is 0 Å². The van der Waals surface area contributed by atoms with Crippen molar-refractivity contribution < 1.29 is 15.4 Å². The minimum atomic E-state index is -1.09. The standard InChI is InChI=1S/C6H9N3O3.H2O/c7-4(5(10)11)1-3-2-8-6(12)9-3;/h2,4H,1,7H2,(H,10,11)(H2,8,9,12);1H2. The molecule has 0 amide bonds. The Morgan fingerprint density at radius 3 is 2.69 bits per heavy atom. The van der Waals surface area contributed by atoms with E-state index in [4.69, 9.17) is 10.8 Å². The maximum absolute atomic E-state index is 10.5. The predicted molar refractivity (Wildman–Crippen MR) is 44.3 cm³/mol. The van der Waals surface area contributed by atoms with Gasteiger partial charge < -0.3 is 26.3 Å². The van der Waals surface area contributed by atoms with Gasteiger partial charge >= 0.3 is 11.7 Å². The highest BCUT2D eigenvalue weighted by atomic mass is 16.4. The van der Waals surface area contributed by atoms with Gasteiger partial charge in [-0.25, -0.2) is 4.79 Å². The molecule has 7 N–H and O–H groups in total. The fourth-order valence-corrected chi connectivity index (χ4v) is 0.805. The summed E-state index contributed by atoms with van der Waals surface area (Å²) >= 11 is 0. The van der Waals surface area contributed by atoms with Crippen LogP contribution in [0.1, 0.15) is 5.69 Å². The lowest BCUT2D eigenvalue weighted by Crippen LogP contribution is -2.32. The Hall–Kier alpha value is -1.60. The number of aliphatic carboxylic acids is 1. The summed E-state index contributed by atoms with van der Waals surface area (Å²) in [6.07, 6.45) is 1.53. The summed E-state index contributed by atoms with van der Waals surface area (Å²) in [7, 11) is 0. The Balaban J connectivity index is 0.00000144. The molecule has 0 radical (unpaired) electrons. The van der Waals surface area contributed by atoms with Gasteiger partial charge in [-0.3, -0.25) is 4.79 Å². The SMILES string of the molecule is NC(Cc1c[nH]c(=O)[nH]1)C(=O)O.O. The monoisotopic (exact) mass is 189 g/mol. The summed E-state index contributed by atoms with van der Waals surface area (Å²) in [4.78, 5) is 25.6. The summed E-state index contributed by atoms with van der Waals surface area (Å²) in [6.45, 7) is 0. The van der Waals surface area contributed by atoms with Crippen LogP contribution in [0.4, 0.5) is 0 Å². The summed E-state index contributed by atoms with van der Waals surface area (Å²) in [5, 5.41) is 8.42. The number of nitrogens with two attached hydrogens (primary N) is 1. The van der Waals surface area contributed by atoms with Gasteiger partial charge in [0.05, 0.1) is 0 Å². The molecule has 7 nitrogen and oxygen atoms in total. The minimum absolute atomic E-state index is 0. The van der Waals surface area contributed by atoms with Crippen molar-refractivity contribution in [2.24, 2.45) is 5.73 Å². The van der Waals surface area contributed by atoms with E-state index in [0.29, 0.717) is 5.69 Å². The molecule has 74 valence electrons. The topological polar surface area (TPSA) is 143 Å². The second-order valence-corrected chi connectivity index (χ2v) is 2.42. The van der Waals surface area contributed by atoms with Crippen LogP contribution in [0.3, 0.4) is 0 Å². The van der Waals surface area contributed by atoms with Crippen LogP contribution in [0.2, 0.25) is 0 Å². The smallest absolute Gasteiger partial charge is 0.323 e. The van der Waals surface area contributed by atoms with Gasteiger partial charge in [-0.15, -0.1) is 0 Å². The molecule has 0 aliphatic carbocycles. The van der Waals surface area contributed by atoms with Crippen molar-refractivity contribution in [2.45, 2.75) is 12.5 Å². The number of hydrogen-bond acceptors (Lipinski definition) is 3. The number of rotatable bonds is 3. The number of carboxylic acids is 1. The number of H-pyrrole nitrogens is 2. The van der Waals surface area contributed by atoms with E-state index in [2.05, 4.69) is 9.97 Å². The van der Waals surface area contributed by atoms with Crippen molar-refractivity contribution in [1.82, 2.24) is 9.97 Å². The summed E-state index contributed by atoms with van der Waals surface area (Å²) in [5.41, 5.74) is 5.36. The maximum atomic E-state index is 10.5. The second-order valence-electron chi connectivity index (χ2n) is 2.42. The zero-order chi connectivity index (χ0) is 9.14. The van der Waals surface area contributed by atoms with Crippen molar-refractivity contribution in [3.05, 3.63) is 22.4 Å². The van der Waals surface area contributed by atoms with E-state index in [1.165, 1.54) is 6.20 Å².